The topological polar surface area (TPSA) is 49.4 Å². The summed E-state index contributed by atoms with van der Waals surface area (Å²) in [5, 5.41) is 2.99. The number of carbonyl (C=O) groups excluding carboxylic acids is 2. The van der Waals surface area contributed by atoms with Crippen LogP contribution in [0.3, 0.4) is 0 Å². The highest BCUT2D eigenvalue weighted by atomic mass is 16.2. The van der Waals surface area contributed by atoms with E-state index in [1.54, 1.807) is 4.90 Å². The summed E-state index contributed by atoms with van der Waals surface area (Å²) in [6.07, 6.45) is 0.591. The molecule has 0 radical (unpaired) electrons. The lowest BCUT2D eigenvalue weighted by Crippen LogP contribution is -2.33. The van der Waals surface area contributed by atoms with Gasteiger partial charge in [0.15, 0.2) is 0 Å². The van der Waals surface area contributed by atoms with Crippen molar-refractivity contribution in [3.05, 3.63) is 95.6 Å². The predicted molar refractivity (Wildman–Crippen MR) is 120 cm³/mol. The molecule has 3 aromatic carbocycles. The Balaban J connectivity index is 1.48. The molecule has 0 bridgehead atoms. The van der Waals surface area contributed by atoms with Crippen LogP contribution in [0.4, 0.5) is 11.4 Å². The van der Waals surface area contributed by atoms with E-state index in [1.165, 1.54) is 0 Å². The molecule has 0 spiro atoms. The molecule has 30 heavy (non-hydrogen) atoms. The third-order valence-corrected chi connectivity index (χ3v) is 5.45. The van der Waals surface area contributed by atoms with E-state index in [0.29, 0.717) is 13.0 Å². The maximum absolute atomic E-state index is 13.3. The summed E-state index contributed by atoms with van der Waals surface area (Å²) in [6.45, 7) is 4.51. The number of nitrogens with zero attached hydrogens (tertiary/aromatic N) is 1. The molecule has 0 heterocycles. The molecule has 1 aliphatic carbocycles. The first kappa shape index (κ1) is 19.9. The fourth-order valence-electron chi connectivity index (χ4n) is 3.91. The highest BCUT2D eigenvalue weighted by Gasteiger charge is 2.49. The Morgan fingerprint density at radius 3 is 2.10 bits per heavy atom. The van der Waals surface area contributed by atoms with E-state index in [2.05, 4.69) is 11.4 Å². The molecule has 2 unspecified atom stereocenters. The summed E-state index contributed by atoms with van der Waals surface area (Å²) in [7, 11) is 0. The SMILES string of the molecule is Cc1cc(C)cc(NC(=O)C2CC2C(=O)N(Cc2ccccc2)c2ccccc2)c1. The smallest absolute Gasteiger partial charge is 0.231 e. The zero-order chi connectivity index (χ0) is 21.1. The van der Waals surface area contributed by atoms with Crippen LogP contribution in [0.15, 0.2) is 78.9 Å². The first-order valence-corrected chi connectivity index (χ1v) is 10.3. The molecule has 0 aromatic heterocycles. The molecule has 1 aliphatic rings. The number of carbonyl (C=O) groups is 2. The minimum atomic E-state index is -0.278. The summed E-state index contributed by atoms with van der Waals surface area (Å²) < 4.78 is 0. The number of nitrogens with one attached hydrogen (secondary N) is 1. The first-order valence-electron chi connectivity index (χ1n) is 10.3. The Labute approximate surface area is 177 Å². The third-order valence-electron chi connectivity index (χ3n) is 5.45. The van der Waals surface area contributed by atoms with Crippen LogP contribution in [0.2, 0.25) is 0 Å². The van der Waals surface area contributed by atoms with Gasteiger partial charge in [-0.1, -0.05) is 54.6 Å². The van der Waals surface area contributed by atoms with Gasteiger partial charge in [-0.3, -0.25) is 9.59 Å². The number of benzene rings is 3. The van der Waals surface area contributed by atoms with Crippen LogP contribution in [-0.2, 0) is 16.1 Å². The van der Waals surface area contributed by atoms with E-state index in [4.69, 9.17) is 0 Å². The van der Waals surface area contributed by atoms with Gasteiger partial charge >= 0.3 is 0 Å². The largest absolute Gasteiger partial charge is 0.326 e. The maximum Gasteiger partial charge on any atom is 0.231 e. The van der Waals surface area contributed by atoms with Gasteiger partial charge in [0.1, 0.15) is 0 Å². The summed E-state index contributed by atoms with van der Waals surface area (Å²) in [4.78, 5) is 27.9. The summed E-state index contributed by atoms with van der Waals surface area (Å²) >= 11 is 0. The average Bonchev–Trinajstić information content (AvgIpc) is 3.53. The lowest BCUT2D eigenvalue weighted by molar-refractivity contribution is -0.123. The quantitative estimate of drug-likeness (QED) is 0.627. The predicted octanol–water partition coefficient (Wildman–Crippen LogP) is 5.11. The van der Waals surface area contributed by atoms with Crippen molar-refractivity contribution in [1.29, 1.82) is 0 Å². The average molecular weight is 399 g/mol. The summed E-state index contributed by atoms with van der Waals surface area (Å²) in [6, 6.07) is 25.6. The zero-order valence-corrected chi connectivity index (χ0v) is 17.3. The molecular formula is C26H26N2O2. The second-order valence-corrected chi connectivity index (χ2v) is 8.06. The van der Waals surface area contributed by atoms with Crippen LogP contribution < -0.4 is 10.2 Å². The molecule has 0 saturated heterocycles. The molecule has 4 rings (SSSR count). The number of rotatable bonds is 6. The van der Waals surface area contributed by atoms with Crippen LogP contribution in [-0.4, -0.2) is 11.8 Å². The number of aryl methyl sites for hydroxylation is 2. The third kappa shape index (κ3) is 4.60. The molecular weight excluding hydrogens is 372 g/mol. The van der Waals surface area contributed by atoms with Gasteiger partial charge in [0.05, 0.1) is 18.4 Å². The van der Waals surface area contributed by atoms with Crippen LogP contribution in [0.5, 0.6) is 0 Å². The second kappa shape index (κ2) is 8.54. The van der Waals surface area contributed by atoms with Gasteiger partial charge in [-0.25, -0.2) is 0 Å². The van der Waals surface area contributed by atoms with Crippen LogP contribution in [0, 0.1) is 25.7 Å². The molecule has 4 heteroatoms. The molecule has 1 N–H and O–H groups in total. The molecule has 2 amide bonds. The van der Waals surface area contributed by atoms with Crippen molar-refractivity contribution < 1.29 is 9.59 Å². The highest BCUT2D eigenvalue weighted by molar-refractivity contribution is 6.04. The van der Waals surface area contributed by atoms with Gasteiger partial charge < -0.3 is 10.2 Å². The Kier molecular flexibility index (Phi) is 5.66. The minimum Gasteiger partial charge on any atom is -0.326 e. The molecule has 152 valence electrons. The Bertz CT molecular complexity index is 1030. The molecule has 0 aliphatic heterocycles. The standard InChI is InChI=1S/C26H26N2O2/c1-18-13-19(2)15-21(14-18)27-25(29)23-16-24(23)26(30)28(22-11-7-4-8-12-22)17-20-9-5-3-6-10-20/h3-15,23-24H,16-17H2,1-2H3,(H,27,29). The molecule has 2 atom stereocenters. The van der Waals surface area contributed by atoms with Gasteiger partial charge in [0.25, 0.3) is 0 Å². The van der Waals surface area contributed by atoms with Crippen molar-refractivity contribution in [2.75, 3.05) is 10.2 Å². The first-order chi connectivity index (χ1) is 14.5. The maximum atomic E-state index is 13.3. The van der Waals surface area contributed by atoms with Gasteiger partial charge in [-0.05, 0) is 61.2 Å². The van der Waals surface area contributed by atoms with Crippen molar-refractivity contribution in [3.8, 4) is 0 Å². The molecule has 3 aromatic rings. The number of amides is 2. The van der Waals surface area contributed by atoms with Crippen molar-refractivity contribution in [2.24, 2.45) is 11.8 Å². The van der Waals surface area contributed by atoms with Crippen molar-refractivity contribution >= 4 is 23.2 Å². The number of hydrogen-bond donors (Lipinski definition) is 1. The van der Waals surface area contributed by atoms with Crippen LogP contribution in [0.25, 0.3) is 0 Å². The Morgan fingerprint density at radius 1 is 0.867 bits per heavy atom. The van der Waals surface area contributed by atoms with E-state index in [-0.39, 0.29) is 23.7 Å². The number of hydrogen-bond acceptors (Lipinski definition) is 2. The molecule has 1 saturated carbocycles. The Morgan fingerprint density at radius 2 is 1.47 bits per heavy atom. The van der Waals surface area contributed by atoms with Crippen molar-refractivity contribution in [1.82, 2.24) is 0 Å². The summed E-state index contributed by atoms with van der Waals surface area (Å²) in [5.74, 6) is -0.628. The van der Waals surface area contributed by atoms with Gasteiger partial charge in [0, 0.05) is 11.4 Å². The number of anilines is 2. The normalized spacial score (nSPS) is 17.3. The van der Waals surface area contributed by atoms with Crippen LogP contribution in [0.1, 0.15) is 23.1 Å². The molecule has 1 fully saturated rings. The van der Waals surface area contributed by atoms with E-state index >= 15 is 0 Å². The van der Waals surface area contributed by atoms with E-state index in [9.17, 15) is 9.59 Å². The lowest BCUT2D eigenvalue weighted by atomic mass is 10.1. The fraction of sp³-hybridized carbons (Fsp3) is 0.231. The number of para-hydroxylation sites is 1. The second-order valence-electron chi connectivity index (χ2n) is 8.06. The van der Waals surface area contributed by atoms with E-state index in [1.807, 2.05) is 86.6 Å². The van der Waals surface area contributed by atoms with Crippen LogP contribution >= 0.6 is 0 Å². The van der Waals surface area contributed by atoms with Gasteiger partial charge in [-0.2, -0.15) is 0 Å². The molecule has 4 nitrogen and oxygen atoms in total. The monoisotopic (exact) mass is 398 g/mol. The lowest BCUT2D eigenvalue weighted by Gasteiger charge is -2.23. The van der Waals surface area contributed by atoms with E-state index < -0.39 is 0 Å². The fourth-order valence-corrected chi connectivity index (χ4v) is 3.91. The summed E-state index contributed by atoms with van der Waals surface area (Å²) in [5.41, 5.74) is 4.91. The van der Waals surface area contributed by atoms with Gasteiger partial charge in [-0.15, -0.1) is 0 Å². The van der Waals surface area contributed by atoms with E-state index in [0.717, 1.165) is 28.1 Å². The Hall–Kier alpha value is -3.40. The van der Waals surface area contributed by atoms with Crippen molar-refractivity contribution in [3.63, 3.8) is 0 Å². The van der Waals surface area contributed by atoms with Crippen molar-refractivity contribution in [2.45, 2.75) is 26.8 Å². The van der Waals surface area contributed by atoms with Gasteiger partial charge in [0.2, 0.25) is 11.8 Å². The zero-order valence-electron chi connectivity index (χ0n) is 17.3. The minimum absolute atomic E-state index is 0.00521. The highest BCUT2D eigenvalue weighted by Crippen LogP contribution is 2.42.